The fraction of sp³-hybridized carbons (Fsp3) is 0.211. The van der Waals surface area contributed by atoms with Crippen LogP contribution >= 0.6 is 34.5 Å². The Hall–Kier alpha value is -1.46. The second-order valence-electron chi connectivity index (χ2n) is 6.00. The van der Waals surface area contributed by atoms with Crippen LogP contribution in [0.2, 0.25) is 10.0 Å². The van der Waals surface area contributed by atoms with Crippen LogP contribution in [0, 0.1) is 0 Å². The van der Waals surface area contributed by atoms with Crippen LogP contribution < -0.4 is 17.3 Å². The van der Waals surface area contributed by atoms with Gasteiger partial charge in [-0.25, -0.2) is 0 Å². The maximum absolute atomic E-state index is 12.9. The predicted octanol–water partition coefficient (Wildman–Crippen LogP) is 2.17. The number of hydrogen-bond acceptors (Lipinski definition) is 3. The first-order valence-electron chi connectivity index (χ1n) is 8.10. The molecule has 26 heavy (non-hydrogen) atoms. The zero-order chi connectivity index (χ0) is 17.4. The smallest absolute Gasteiger partial charge is 0.265 e. The molecule has 0 bridgehead atoms. The Labute approximate surface area is 172 Å². The van der Waals surface area contributed by atoms with Crippen LogP contribution in [0.15, 0.2) is 48.5 Å². The van der Waals surface area contributed by atoms with Gasteiger partial charge in [0.25, 0.3) is 5.91 Å². The van der Waals surface area contributed by atoms with E-state index in [2.05, 4.69) is 17.0 Å². The summed E-state index contributed by atoms with van der Waals surface area (Å²) in [6.07, 6.45) is 0. The summed E-state index contributed by atoms with van der Waals surface area (Å²) in [6.45, 7) is 3.03. The van der Waals surface area contributed by atoms with Crippen LogP contribution in [0.25, 0.3) is 10.1 Å². The summed E-state index contributed by atoms with van der Waals surface area (Å²) in [7, 11) is 0. The molecule has 0 saturated carbocycles. The lowest BCUT2D eigenvalue weighted by atomic mass is 10.2. The number of nitrogens with zero attached hydrogens (tertiary/aromatic N) is 2. The van der Waals surface area contributed by atoms with Crippen LogP contribution in [0.3, 0.4) is 0 Å². The van der Waals surface area contributed by atoms with Gasteiger partial charge in [-0.15, -0.1) is 11.3 Å². The molecule has 1 aromatic heterocycles. The van der Waals surface area contributed by atoms with E-state index in [1.807, 2.05) is 35.2 Å². The third-order valence-electron chi connectivity index (χ3n) is 4.47. The molecule has 1 aliphatic rings. The second-order valence-corrected chi connectivity index (χ2v) is 7.87. The summed E-state index contributed by atoms with van der Waals surface area (Å²) in [6, 6.07) is 15.8. The van der Waals surface area contributed by atoms with Crippen LogP contribution in [0.4, 0.5) is 5.69 Å². The number of carbonyl (C=O) groups excluding carboxylic acids is 1. The van der Waals surface area contributed by atoms with E-state index >= 15 is 0 Å². The summed E-state index contributed by atoms with van der Waals surface area (Å²) in [5.74, 6) is 0.00929. The van der Waals surface area contributed by atoms with Gasteiger partial charge >= 0.3 is 0 Å². The topological polar surface area (TPSA) is 23.6 Å². The number of piperazine rings is 1. The second kappa shape index (κ2) is 8.05. The van der Waals surface area contributed by atoms with E-state index in [0.29, 0.717) is 28.0 Å². The maximum atomic E-state index is 12.9. The lowest BCUT2D eigenvalue weighted by Gasteiger charge is -2.36. The highest BCUT2D eigenvalue weighted by Gasteiger charge is 2.26. The van der Waals surface area contributed by atoms with Crippen molar-refractivity contribution in [1.29, 1.82) is 0 Å². The Morgan fingerprint density at radius 1 is 0.962 bits per heavy atom. The molecule has 4 rings (SSSR count). The van der Waals surface area contributed by atoms with Gasteiger partial charge in [0, 0.05) is 47.0 Å². The molecule has 1 fully saturated rings. The van der Waals surface area contributed by atoms with Crippen LogP contribution in [-0.2, 0) is 0 Å². The van der Waals surface area contributed by atoms with E-state index < -0.39 is 0 Å². The van der Waals surface area contributed by atoms with E-state index in [1.54, 1.807) is 6.07 Å². The van der Waals surface area contributed by atoms with Crippen molar-refractivity contribution < 1.29 is 17.2 Å². The summed E-state index contributed by atoms with van der Waals surface area (Å²) in [5, 5.41) is 2.08. The van der Waals surface area contributed by atoms with Gasteiger partial charge in [-0.05, 0) is 24.3 Å². The number of rotatable bonds is 2. The molecule has 0 aliphatic carbocycles. The predicted molar refractivity (Wildman–Crippen MR) is 106 cm³/mol. The van der Waals surface area contributed by atoms with Crippen molar-refractivity contribution in [2.24, 2.45) is 0 Å². The van der Waals surface area contributed by atoms with Crippen molar-refractivity contribution in [3.8, 4) is 0 Å². The number of fused-ring (bicyclic) bond motifs is 1. The summed E-state index contributed by atoms with van der Waals surface area (Å²) < 4.78 is 0.948. The molecule has 3 nitrogen and oxygen atoms in total. The summed E-state index contributed by atoms with van der Waals surface area (Å²) >= 11 is 13.9. The number of anilines is 1. The Morgan fingerprint density at radius 2 is 1.65 bits per heavy atom. The van der Waals surface area contributed by atoms with Gasteiger partial charge in [-0.3, -0.25) is 4.79 Å². The maximum Gasteiger partial charge on any atom is 0.265 e. The molecule has 0 atom stereocenters. The van der Waals surface area contributed by atoms with Crippen molar-refractivity contribution in [2.45, 2.75) is 0 Å². The van der Waals surface area contributed by atoms with Gasteiger partial charge in [0.05, 0.1) is 5.02 Å². The molecule has 0 spiro atoms. The number of para-hydroxylation sites is 1. The molecule has 1 amide bonds. The minimum atomic E-state index is 0. The zero-order valence-corrected chi connectivity index (χ0v) is 16.9. The Balaban J connectivity index is 0.00000196. The Kier molecular flexibility index (Phi) is 5.98. The number of thiophene rings is 1. The molecule has 0 N–H and O–H groups in total. The Bertz CT molecular complexity index is 921. The van der Waals surface area contributed by atoms with Crippen molar-refractivity contribution >= 4 is 56.2 Å². The van der Waals surface area contributed by atoms with E-state index in [1.165, 1.54) is 17.0 Å². The van der Waals surface area contributed by atoms with E-state index in [4.69, 9.17) is 23.2 Å². The molecule has 136 valence electrons. The first-order valence-corrected chi connectivity index (χ1v) is 9.67. The number of amides is 1. The monoisotopic (exact) mass is 425 g/mol. The molecule has 0 unspecified atom stereocenters. The molecule has 7 heteroatoms. The highest BCUT2D eigenvalue weighted by atomic mass is 35.5. The molecule has 2 aromatic carbocycles. The average molecular weight is 427 g/mol. The van der Waals surface area contributed by atoms with E-state index in [-0.39, 0.29) is 18.3 Å². The standard InChI is InChI=1S/C19H16Cl2N2OS.ClH/c20-13-6-7-15-16(12-13)25-18(17(15)21)19(24)23-10-8-22(9-11-23)14-4-2-1-3-5-14;/h1-7,12H,8-11H2;1H/p-1. The Morgan fingerprint density at radius 3 is 2.35 bits per heavy atom. The fourth-order valence-corrected chi connectivity index (χ4v) is 4.88. The third-order valence-corrected chi connectivity index (χ3v) is 6.35. The van der Waals surface area contributed by atoms with Crippen molar-refractivity contribution in [3.05, 3.63) is 63.5 Å². The van der Waals surface area contributed by atoms with Crippen molar-refractivity contribution in [1.82, 2.24) is 4.90 Å². The zero-order valence-electron chi connectivity index (χ0n) is 13.8. The molecule has 2 heterocycles. The lowest BCUT2D eigenvalue weighted by Crippen LogP contribution is -3.00. The fourth-order valence-electron chi connectivity index (χ4n) is 3.13. The highest BCUT2D eigenvalue weighted by molar-refractivity contribution is 7.21. The molecule has 1 saturated heterocycles. The third kappa shape index (κ3) is 3.65. The van der Waals surface area contributed by atoms with Gasteiger partial charge in [0.1, 0.15) is 4.88 Å². The van der Waals surface area contributed by atoms with Crippen LogP contribution in [0.5, 0.6) is 0 Å². The number of benzene rings is 2. The lowest BCUT2D eigenvalue weighted by molar-refractivity contribution is -0.0000146. The van der Waals surface area contributed by atoms with Crippen molar-refractivity contribution in [2.75, 3.05) is 31.1 Å². The minimum absolute atomic E-state index is 0. The number of hydrogen-bond donors (Lipinski definition) is 0. The molecular formula is C19H16Cl3N2OS-. The minimum Gasteiger partial charge on any atom is -1.00 e. The average Bonchev–Trinajstić information content (AvgIpc) is 2.98. The molecule has 0 radical (unpaired) electrons. The normalized spacial score (nSPS) is 14.4. The molecular weight excluding hydrogens is 411 g/mol. The van der Waals surface area contributed by atoms with Gasteiger partial charge in [-0.1, -0.05) is 47.5 Å². The van der Waals surface area contributed by atoms with E-state index in [0.717, 1.165) is 23.2 Å². The van der Waals surface area contributed by atoms with Gasteiger partial charge in [-0.2, -0.15) is 0 Å². The number of halogens is 3. The summed E-state index contributed by atoms with van der Waals surface area (Å²) in [5.41, 5.74) is 1.20. The van der Waals surface area contributed by atoms with Gasteiger partial charge in [0.15, 0.2) is 0 Å². The van der Waals surface area contributed by atoms with Crippen LogP contribution in [-0.4, -0.2) is 37.0 Å². The van der Waals surface area contributed by atoms with E-state index in [9.17, 15) is 4.79 Å². The first-order chi connectivity index (χ1) is 12.1. The quantitative estimate of drug-likeness (QED) is 0.627. The SMILES string of the molecule is O=C(c1sc2cc(Cl)ccc2c1Cl)N1CCN(c2ccccc2)CC1.[Cl-]. The molecule has 3 aromatic rings. The first kappa shape index (κ1) is 19.3. The van der Waals surface area contributed by atoms with Gasteiger partial charge in [0.2, 0.25) is 0 Å². The van der Waals surface area contributed by atoms with Crippen LogP contribution in [0.1, 0.15) is 9.67 Å². The largest absolute Gasteiger partial charge is 1.00 e. The van der Waals surface area contributed by atoms with Gasteiger partial charge < -0.3 is 22.2 Å². The molecule has 1 aliphatic heterocycles. The highest BCUT2D eigenvalue weighted by Crippen LogP contribution is 2.37. The number of carbonyl (C=O) groups is 1. The summed E-state index contributed by atoms with van der Waals surface area (Å²) in [4.78, 5) is 17.7. The van der Waals surface area contributed by atoms with Crippen molar-refractivity contribution in [3.63, 3.8) is 0 Å².